The van der Waals surface area contributed by atoms with Gasteiger partial charge in [-0.05, 0) is 57.1 Å². The Bertz CT molecular complexity index is 657. The lowest BCUT2D eigenvalue weighted by atomic mass is 9.86. The molecule has 0 unspecified atom stereocenters. The summed E-state index contributed by atoms with van der Waals surface area (Å²) in [7, 11) is 0. The highest BCUT2D eigenvalue weighted by atomic mass is 16.6. The monoisotopic (exact) mass is 358 g/mol. The molecule has 0 radical (unpaired) electrons. The molecule has 5 nitrogen and oxygen atoms in total. The Morgan fingerprint density at radius 3 is 2.46 bits per heavy atom. The van der Waals surface area contributed by atoms with Crippen molar-refractivity contribution in [1.82, 2.24) is 9.80 Å². The van der Waals surface area contributed by atoms with E-state index in [1.165, 1.54) is 11.1 Å². The minimum Gasteiger partial charge on any atom is -0.444 e. The summed E-state index contributed by atoms with van der Waals surface area (Å²) in [6, 6.07) is 8.45. The van der Waals surface area contributed by atoms with Crippen molar-refractivity contribution < 1.29 is 14.3 Å². The zero-order valence-electron chi connectivity index (χ0n) is 16.2. The van der Waals surface area contributed by atoms with Crippen molar-refractivity contribution in [1.29, 1.82) is 0 Å². The second kappa shape index (κ2) is 7.68. The van der Waals surface area contributed by atoms with Crippen LogP contribution in [0.1, 0.15) is 63.5 Å². The second-order valence-electron chi connectivity index (χ2n) is 8.36. The molecule has 0 spiro atoms. The third-order valence-corrected chi connectivity index (χ3v) is 5.17. The predicted octanol–water partition coefficient (Wildman–Crippen LogP) is 3.92. The van der Waals surface area contributed by atoms with Gasteiger partial charge in [0.1, 0.15) is 5.60 Å². The molecule has 0 atom stereocenters. The zero-order valence-corrected chi connectivity index (χ0v) is 16.2. The minimum absolute atomic E-state index is 0.216. The van der Waals surface area contributed by atoms with Crippen LogP contribution < -0.4 is 0 Å². The first-order valence-corrected chi connectivity index (χ1v) is 9.67. The highest BCUT2D eigenvalue weighted by molar-refractivity contribution is 5.78. The highest BCUT2D eigenvalue weighted by Gasteiger charge is 2.29. The van der Waals surface area contributed by atoms with E-state index in [0.29, 0.717) is 18.9 Å². The molecule has 0 aliphatic carbocycles. The van der Waals surface area contributed by atoms with E-state index in [-0.39, 0.29) is 12.0 Å². The van der Waals surface area contributed by atoms with Gasteiger partial charge in [-0.2, -0.15) is 0 Å². The Morgan fingerprint density at radius 2 is 1.85 bits per heavy atom. The first kappa shape index (κ1) is 18.7. The number of nitrogens with zero attached hydrogens (tertiary/aromatic N) is 2. The summed E-state index contributed by atoms with van der Waals surface area (Å²) in [4.78, 5) is 28.0. The number of hydrogen-bond acceptors (Lipinski definition) is 3. The molecule has 2 fully saturated rings. The van der Waals surface area contributed by atoms with Gasteiger partial charge in [-0.25, -0.2) is 4.79 Å². The zero-order chi connectivity index (χ0) is 18.7. The molecule has 1 aromatic carbocycles. The van der Waals surface area contributed by atoms with Gasteiger partial charge < -0.3 is 14.5 Å². The van der Waals surface area contributed by atoms with Crippen LogP contribution in [0.3, 0.4) is 0 Å². The van der Waals surface area contributed by atoms with E-state index in [9.17, 15) is 9.59 Å². The van der Waals surface area contributed by atoms with Crippen LogP contribution in [0.4, 0.5) is 4.79 Å². The lowest BCUT2D eigenvalue weighted by Gasteiger charge is -2.34. The Kier molecular flexibility index (Phi) is 5.54. The number of rotatable bonds is 3. The van der Waals surface area contributed by atoms with E-state index in [0.717, 1.165) is 38.9 Å². The molecule has 0 aromatic heterocycles. The summed E-state index contributed by atoms with van der Waals surface area (Å²) < 4.78 is 5.49. The van der Waals surface area contributed by atoms with Crippen molar-refractivity contribution in [2.75, 3.05) is 19.6 Å². The molecule has 142 valence electrons. The normalized spacial score (nSPS) is 19.1. The van der Waals surface area contributed by atoms with Gasteiger partial charge in [-0.15, -0.1) is 0 Å². The van der Waals surface area contributed by atoms with Crippen molar-refractivity contribution in [3.63, 3.8) is 0 Å². The molecule has 2 saturated heterocycles. The lowest BCUT2D eigenvalue weighted by molar-refractivity contribution is -0.128. The number of ether oxygens (including phenoxy) is 1. The Morgan fingerprint density at radius 1 is 1.15 bits per heavy atom. The molecule has 26 heavy (non-hydrogen) atoms. The number of likely N-dealkylation sites (tertiary alicyclic amines) is 2. The summed E-state index contributed by atoms with van der Waals surface area (Å²) in [5, 5.41) is 0. The molecule has 1 aromatic rings. The fourth-order valence-electron chi connectivity index (χ4n) is 3.85. The first-order valence-electron chi connectivity index (χ1n) is 9.67. The number of carbonyl (C=O) groups is 2. The summed E-state index contributed by atoms with van der Waals surface area (Å²) in [5.41, 5.74) is 2.12. The lowest BCUT2D eigenvalue weighted by Crippen LogP contribution is -2.41. The number of carbonyl (C=O) groups excluding carboxylic acids is 2. The molecule has 0 saturated carbocycles. The van der Waals surface area contributed by atoms with Crippen LogP contribution in [0.25, 0.3) is 0 Å². The van der Waals surface area contributed by atoms with E-state index in [1.807, 2.05) is 30.6 Å². The molecular weight excluding hydrogens is 328 g/mol. The molecule has 5 heteroatoms. The van der Waals surface area contributed by atoms with Crippen LogP contribution in [0, 0.1) is 0 Å². The van der Waals surface area contributed by atoms with Gasteiger partial charge in [-0.1, -0.05) is 24.3 Å². The van der Waals surface area contributed by atoms with Crippen LogP contribution in [0.5, 0.6) is 0 Å². The third kappa shape index (κ3) is 4.57. The first-order chi connectivity index (χ1) is 12.3. The maximum Gasteiger partial charge on any atom is 0.410 e. The predicted molar refractivity (Wildman–Crippen MR) is 101 cm³/mol. The van der Waals surface area contributed by atoms with Gasteiger partial charge in [0.2, 0.25) is 5.91 Å². The number of piperidine rings is 1. The molecule has 2 amide bonds. The van der Waals surface area contributed by atoms with Crippen molar-refractivity contribution >= 4 is 12.0 Å². The van der Waals surface area contributed by atoms with Gasteiger partial charge in [0.05, 0.1) is 0 Å². The van der Waals surface area contributed by atoms with E-state index >= 15 is 0 Å². The smallest absolute Gasteiger partial charge is 0.410 e. The Hall–Kier alpha value is -2.04. The van der Waals surface area contributed by atoms with Crippen LogP contribution in [-0.4, -0.2) is 47.0 Å². The topological polar surface area (TPSA) is 49.9 Å². The van der Waals surface area contributed by atoms with Crippen LogP contribution in [-0.2, 0) is 16.1 Å². The largest absolute Gasteiger partial charge is 0.444 e. The van der Waals surface area contributed by atoms with Gasteiger partial charge >= 0.3 is 6.09 Å². The van der Waals surface area contributed by atoms with E-state index in [4.69, 9.17) is 4.74 Å². The quantitative estimate of drug-likeness (QED) is 0.823. The standard InChI is InChI=1S/C21H30N2O3/c1-21(2,3)26-20(25)22-13-10-16(11-14-22)18-8-5-4-7-17(18)15-23-12-6-9-19(23)24/h4-5,7-8,16H,6,9-15H2,1-3H3. The number of hydrogen-bond donors (Lipinski definition) is 0. The van der Waals surface area contributed by atoms with Crippen molar-refractivity contribution in [2.24, 2.45) is 0 Å². The summed E-state index contributed by atoms with van der Waals surface area (Å²) in [6.45, 7) is 8.70. The average Bonchev–Trinajstić information content (AvgIpc) is 2.99. The molecular formula is C21H30N2O3. The van der Waals surface area contributed by atoms with Gasteiger partial charge in [0.15, 0.2) is 0 Å². The summed E-state index contributed by atoms with van der Waals surface area (Å²) in [5.74, 6) is 0.696. The van der Waals surface area contributed by atoms with Crippen molar-refractivity contribution in [3.8, 4) is 0 Å². The molecule has 2 aliphatic rings. The molecule has 0 N–H and O–H groups in total. The SMILES string of the molecule is CC(C)(C)OC(=O)N1CCC(c2ccccc2CN2CCCC2=O)CC1. The van der Waals surface area contributed by atoms with Crippen molar-refractivity contribution in [2.45, 2.75) is 64.5 Å². The molecule has 2 heterocycles. The highest BCUT2D eigenvalue weighted by Crippen LogP contribution is 2.32. The maximum absolute atomic E-state index is 12.2. The minimum atomic E-state index is -0.456. The van der Waals surface area contributed by atoms with Crippen LogP contribution in [0.15, 0.2) is 24.3 Å². The van der Waals surface area contributed by atoms with Gasteiger partial charge in [0, 0.05) is 32.6 Å². The fourth-order valence-corrected chi connectivity index (χ4v) is 3.85. The van der Waals surface area contributed by atoms with Crippen molar-refractivity contribution in [3.05, 3.63) is 35.4 Å². The Labute approximate surface area is 156 Å². The van der Waals surface area contributed by atoms with Gasteiger partial charge in [0.25, 0.3) is 0 Å². The Balaban J connectivity index is 1.63. The van der Waals surface area contributed by atoms with Crippen LogP contribution in [0.2, 0.25) is 0 Å². The van der Waals surface area contributed by atoms with Gasteiger partial charge in [-0.3, -0.25) is 4.79 Å². The van der Waals surface area contributed by atoms with E-state index < -0.39 is 5.60 Å². The molecule has 2 aliphatic heterocycles. The number of benzene rings is 1. The summed E-state index contributed by atoms with van der Waals surface area (Å²) >= 11 is 0. The fraction of sp³-hybridized carbons (Fsp3) is 0.619. The average molecular weight is 358 g/mol. The maximum atomic E-state index is 12.2. The third-order valence-electron chi connectivity index (χ3n) is 5.17. The van der Waals surface area contributed by atoms with E-state index in [1.54, 1.807) is 0 Å². The molecule has 0 bridgehead atoms. The van der Waals surface area contributed by atoms with Crippen LogP contribution >= 0.6 is 0 Å². The van der Waals surface area contributed by atoms with E-state index in [2.05, 4.69) is 24.3 Å². The number of amides is 2. The second-order valence-corrected chi connectivity index (χ2v) is 8.36. The molecule has 3 rings (SSSR count). The summed E-state index contributed by atoms with van der Waals surface area (Å²) in [6.07, 6.45) is 3.30.